The van der Waals surface area contributed by atoms with Crippen LogP contribution in [0.2, 0.25) is 0 Å². The summed E-state index contributed by atoms with van der Waals surface area (Å²) in [6, 6.07) is 26.1. The molecule has 1 amide bonds. The molecule has 1 aliphatic heterocycles. The molecule has 2 atom stereocenters. The van der Waals surface area contributed by atoms with Gasteiger partial charge in [0.2, 0.25) is 15.4 Å². The highest BCUT2D eigenvalue weighted by Crippen LogP contribution is 2.33. The average Bonchev–Trinajstić information content (AvgIpc) is 3.79. The number of fused-ring (bicyclic) bond motifs is 2. The minimum absolute atomic E-state index is 0.0691. The number of nitrogens with zero attached hydrogens (tertiary/aromatic N) is 2. The number of phenols is 1. The number of thiophene rings is 1. The molecule has 4 aromatic carbocycles. The van der Waals surface area contributed by atoms with Gasteiger partial charge in [-0.05, 0) is 102 Å². The number of carbonyl (C=O) groups excluding carboxylic acids is 1. The van der Waals surface area contributed by atoms with Crippen molar-refractivity contribution in [3.8, 4) is 11.5 Å². The summed E-state index contributed by atoms with van der Waals surface area (Å²) in [5, 5.41) is 30.8. The van der Waals surface area contributed by atoms with Gasteiger partial charge in [0.25, 0.3) is 5.91 Å². The standard InChI is InChI=1S/C47H51N5O7S2/c1-31(51-22-24-52(25-23-51)34-6-3-2-4-7-34)32-10-13-36(14-11-32)61(57,58)37-9-5-8-35(28-37)59-26-20-45(56)49-41-17-12-33(38-21-27-60-47(38)41)29-48-30-43(54)39-15-18-42(53)46-40(39)16-19-44(55)50-46/h5,8-21,26-28,31,34,43,48,53-54H,2-4,6-7,22-25,29-30H2,1H3,(H,49,56)(H,50,55)/t31-,43-/m0/s1. The minimum Gasteiger partial charge on any atom is -0.506 e. The lowest BCUT2D eigenvalue weighted by molar-refractivity contribution is -0.112. The number of aromatic nitrogens is 1. The molecule has 2 aliphatic rings. The van der Waals surface area contributed by atoms with Crippen LogP contribution < -0.4 is 20.9 Å². The normalized spacial score (nSPS) is 16.9. The van der Waals surface area contributed by atoms with E-state index in [0.29, 0.717) is 23.2 Å². The van der Waals surface area contributed by atoms with E-state index in [1.54, 1.807) is 36.4 Å². The van der Waals surface area contributed by atoms with Gasteiger partial charge in [0.15, 0.2) is 0 Å². The maximum Gasteiger partial charge on any atom is 0.251 e. The molecule has 2 fully saturated rings. The molecule has 1 saturated heterocycles. The van der Waals surface area contributed by atoms with Gasteiger partial charge in [0, 0.05) is 68.9 Å². The summed E-state index contributed by atoms with van der Waals surface area (Å²) in [6.45, 7) is 7.02. The summed E-state index contributed by atoms with van der Waals surface area (Å²) < 4.78 is 33.9. The number of aromatic amines is 1. The third-order valence-corrected chi connectivity index (χ3v) is 14.8. The number of hydrogen-bond acceptors (Lipinski definition) is 11. The van der Waals surface area contributed by atoms with Crippen LogP contribution in [0, 0.1) is 0 Å². The smallest absolute Gasteiger partial charge is 0.251 e. The van der Waals surface area contributed by atoms with Gasteiger partial charge in [-0.3, -0.25) is 19.4 Å². The number of ether oxygens (including phenoxy) is 1. The van der Waals surface area contributed by atoms with E-state index in [9.17, 15) is 28.2 Å². The Morgan fingerprint density at radius 1 is 0.934 bits per heavy atom. The molecule has 61 heavy (non-hydrogen) atoms. The van der Waals surface area contributed by atoms with Crippen molar-refractivity contribution < 1.29 is 28.2 Å². The molecule has 0 radical (unpaired) electrons. The van der Waals surface area contributed by atoms with Gasteiger partial charge in [-0.15, -0.1) is 11.3 Å². The molecule has 12 nitrogen and oxygen atoms in total. The maximum atomic E-state index is 13.7. The second kappa shape index (κ2) is 18.7. The highest BCUT2D eigenvalue weighted by atomic mass is 32.2. The van der Waals surface area contributed by atoms with E-state index >= 15 is 0 Å². The number of hydrogen-bond donors (Lipinski definition) is 5. The Hall–Kier alpha value is -5.35. The fraction of sp³-hybridized carbons (Fsp3) is 0.319. The van der Waals surface area contributed by atoms with E-state index in [1.807, 2.05) is 35.7 Å². The van der Waals surface area contributed by atoms with Gasteiger partial charge < -0.3 is 30.6 Å². The number of aromatic hydroxyl groups is 1. The zero-order valence-electron chi connectivity index (χ0n) is 34.0. The number of H-pyrrole nitrogens is 1. The van der Waals surface area contributed by atoms with Crippen LogP contribution in [0.5, 0.6) is 11.5 Å². The van der Waals surface area contributed by atoms with Crippen LogP contribution in [0.3, 0.4) is 0 Å². The Bertz CT molecular complexity index is 2700. The van der Waals surface area contributed by atoms with Crippen molar-refractivity contribution in [3.05, 3.63) is 136 Å². The number of amides is 1. The SMILES string of the molecule is C[C@@H](c1ccc(S(=O)(=O)c2cccc(OC=CC(=O)Nc3ccc(CNC[C@H](O)c4ccc(O)c5[nH]c(=O)ccc45)c4ccsc34)c2)cc1)N1CCN(C2CCCCC2)CC1. The first-order valence-electron chi connectivity index (χ1n) is 20.9. The summed E-state index contributed by atoms with van der Waals surface area (Å²) in [5.74, 6) is -0.213. The lowest BCUT2D eigenvalue weighted by Crippen LogP contribution is -2.51. The van der Waals surface area contributed by atoms with Crippen LogP contribution in [-0.2, 0) is 21.2 Å². The summed E-state index contributed by atoms with van der Waals surface area (Å²) >= 11 is 1.49. The predicted molar refractivity (Wildman–Crippen MR) is 240 cm³/mol. The zero-order chi connectivity index (χ0) is 42.5. The number of sulfone groups is 1. The Labute approximate surface area is 359 Å². The van der Waals surface area contributed by atoms with Gasteiger partial charge in [-0.2, -0.15) is 0 Å². The second-order valence-corrected chi connectivity index (χ2v) is 18.7. The number of carbonyl (C=O) groups is 1. The number of aliphatic hydroxyl groups is 1. The lowest BCUT2D eigenvalue weighted by atomic mass is 9.93. The van der Waals surface area contributed by atoms with Gasteiger partial charge >= 0.3 is 0 Å². The van der Waals surface area contributed by atoms with Crippen molar-refractivity contribution >= 4 is 53.8 Å². The summed E-state index contributed by atoms with van der Waals surface area (Å²) in [4.78, 5) is 32.8. The fourth-order valence-electron chi connectivity index (χ4n) is 8.65. The quantitative estimate of drug-likeness (QED) is 0.0543. The molecule has 5 N–H and O–H groups in total. The number of rotatable bonds is 14. The molecule has 3 heterocycles. The molecule has 6 aromatic rings. The van der Waals surface area contributed by atoms with E-state index in [0.717, 1.165) is 53.4 Å². The Morgan fingerprint density at radius 3 is 2.51 bits per heavy atom. The number of aliphatic hydroxyl groups excluding tert-OH is 1. The van der Waals surface area contributed by atoms with Crippen LogP contribution in [0.15, 0.2) is 123 Å². The number of pyridine rings is 1. The van der Waals surface area contributed by atoms with Crippen LogP contribution in [-0.4, -0.2) is 78.1 Å². The zero-order valence-corrected chi connectivity index (χ0v) is 35.7. The van der Waals surface area contributed by atoms with E-state index < -0.39 is 21.8 Å². The summed E-state index contributed by atoms with van der Waals surface area (Å²) in [6.07, 6.45) is 8.25. The van der Waals surface area contributed by atoms with Crippen molar-refractivity contribution in [3.63, 3.8) is 0 Å². The highest BCUT2D eigenvalue weighted by Gasteiger charge is 2.28. The third-order valence-electron chi connectivity index (χ3n) is 12.1. The van der Waals surface area contributed by atoms with E-state index in [2.05, 4.69) is 32.3 Å². The Balaban J connectivity index is 0.839. The third kappa shape index (κ3) is 9.60. The number of anilines is 1. The summed E-state index contributed by atoms with van der Waals surface area (Å²) in [7, 11) is -3.82. The van der Waals surface area contributed by atoms with Crippen molar-refractivity contribution in [1.29, 1.82) is 0 Å². The van der Waals surface area contributed by atoms with Crippen molar-refractivity contribution in [2.75, 3.05) is 38.0 Å². The number of piperazine rings is 1. The minimum atomic E-state index is -3.82. The average molecular weight is 862 g/mol. The molecule has 0 unspecified atom stereocenters. The number of phenolic OH excluding ortho intramolecular Hbond substituents is 1. The molecule has 1 aliphatic carbocycles. The monoisotopic (exact) mass is 861 g/mol. The molecule has 14 heteroatoms. The first-order valence-corrected chi connectivity index (χ1v) is 23.2. The van der Waals surface area contributed by atoms with E-state index in [-0.39, 0.29) is 45.0 Å². The molecule has 318 valence electrons. The first kappa shape index (κ1) is 42.3. The van der Waals surface area contributed by atoms with Crippen molar-refractivity contribution in [1.82, 2.24) is 20.1 Å². The molecule has 0 bridgehead atoms. The summed E-state index contributed by atoms with van der Waals surface area (Å²) in [5.41, 5.74) is 3.19. The van der Waals surface area contributed by atoms with Gasteiger partial charge in [0.05, 0.1) is 38.1 Å². The first-order chi connectivity index (χ1) is 29.5. The van der Waals surface area contributed by atoms with Gasteiger partial charge in [-0.1, -0.05) is 49.6 Å². The molecule has 8 rings (SSSR count). The van der Waals surface area contributed by atoms with E-state index in [4.69, 9.17) is 4.74 Å². The van der Waals surface area contributed by atoms with Gasteiger partial charge in [0.1, 0.15) is 11.5 Å². The number of benzene rings is 4. The fourth-order valence-corrected chi connectivity index (χ4v) is 10.9. The number of nitrogens with one attached hydrogen (secondary N) is 3. The van der Waals surface area contributed by atoms with Crippen molar-refractivity contribution in [2.24, 2.45) is 0 Å². The molecular weight excluding hydrogens is 811 g/mol. The molecule has 0 spiro atoms. The largest absolute Gasteiger partial charge is 0.506 e. The predicted octanol–water partition coefficient (Wildman–Crippen LogP) is 7.65. The van der Waals surface area contributed by atoms with Crippen LogP contribution in [0.1, 0.15) is 67.9 Å². The topological polar surface area (TPSA) is 164 Å². The van der Waals surface area contributed by atoms with E-state index in [1.165, 1.54) is 80.0 Å². The second-order valence-electron chi connectivity index (χ2n) is 15.9. The van der Waals surface area contributed by atoms with Crippen LogP contribution in [0.25, 0.3) is 21.0 Å². The molecule has 1 saturated carbocycles. The lowest BCUT2D eigenvalue weighted by Gasteiger charge is -2.42. The van der Waals surface area contributed by atoms with Crippen LogP contribution in [0.4, 0.5) is 5.69 Å². The van der Waals surface area contributed by atoms with Gasteiger partial charge in [-0.25, -0.2) is 8.42 Å². The van der Waals surface area contributed by atoms with Crippen molar-refractivity contribution in [2.45, 2.75) is 73.6 Å². The molecule has 2 aromatic heterocycles. The highest BCUT2D eigenvalue weighted by molar-refractivity contribution is 7.91. The Kier molecular flexibility index (Phi) is 13.0. The molecular formula is C47H51N5O7S2. The Morgan fingerprint density at radius 2 is 1.72 bits per heavy atom. The maximum absolute atomic E-state index is 13.7. The van der Waals surface area contributed by atoms with Crippen LogP contribution >= 0.6 is 11.3 Å².